The maximum atomic E-state index is 11.8. The summed E-state index contributed by atoms with van der Waals surface area (Å²) in [6, 6.07) is 15.6. The van der Waals surface area contributed by atoms with E-state index < -0.39 is 0 Å². The molecule has 1 aliphatic rings. The summed E-state index contributed by atoms with van der Waals surface area (Å²) in [7, 11) is 1.79. The van der Waals surface area contributed by atoms with Gasteiger partial charge in [-0.2, -0.15) is 0 Å². The molecule has 4 nitrogen and oxygen atoms in total. The van der Waals surface area contributed by atoms with Gasteiger partial charge in [0.25, 0.3) is 0 Å². The lowest BCUT2D eigenvalue weighted by molar-refractivity contribution is -0.0289. The molecule has 0 bridgehead atoms. The number of carbonyl (C=O) groups is 1. The van der Waals surface area contributed by atoms with Crippen LogP contribution >= 0.6 is 11.6 Å². The molecule has 5 heteroatoms. The average Bonchev–Trinajstić information content (AvgIpc) is 2.71. The molecule has 1 saturated heterocycles. The van der Waals surface area contributed by atoms with Gasteiger partial charge in [-0.3, -0.25) is 0 Å². The van der Waals surface area contributed by atoms with Gasteiger partial charge in [0.05, 0.1) is 17.8 Å². The highest BCUT2D eigenvalue weighted by Crippen LogP contribution is 2.33. The Morgan fingerprint density at radius 1 is 1.11 bits per heavy atom. The summed E-state index contributed by atoms with van der Waals surface area (Å²) in [6.07, 6.45) is 2.67. The monoisotopic (exact) mass is 387 g/mol. The summed E-state index contributed by atoms with van der Waals surface area (Å²) in [6.45, 7) is 4.00. The summed E-state index contributed by atoms with van der Waals surface area (Å²) >= 11 is 6.35. The van der Waals surface area contributed by atoms with E-state index in [2.05, 4.69) is 11.0 Å². The summed E-state index contributed by atoms with van der Waals surface area (Å²) in [5, 5.41) is 0.797. The van der Waals surface area contributed by atoms with E-state index in [1.54, 1.807) is 7.11 Å². The highest BCUT2D eigenvalue weighted by molar-refractivity contribution is 6.31. The van der Waals surface area contributed by atoms with Crippen molar-refractivity contribution in [2.75, 3.05) is 31.7 Å². The van der Waals surface area contributed by atoms with Gasteiger partial charge in [-0.05, 0) is 55.7 Å². The first-order valence-corrected chi connectivity index (χ1v) is 9.75. The van der Waals surface area contributed by atoms with Crippen LogP contribution in [0.2, 0.25) is 5.02 Å². The maximum Gasteiger partial charge on any atom is 0.338 e. The predicted molar refractivity (Wildman–Crippen MR) is 109 cm³/mol. The van der Waals surface area contributed by atoms with Crippen molar-refractivity contribution in [2.45, 2.75) is 31.8 Å². The number of piperidine rings is 1. The molecule has 0 aromatic heterocycles. The molecular formula is C22H26ClNO3. The van der Waals surface area contributed by atoms with Gasteiger partial charge in [-0.15, -0.1) is 0 Å². The van der Waals surface area contributed by atoms with Crippen LogP contribution in [-0.2, 0) is 15.9 Å². The molecule has 27 heavy (non-hydrogen) atoms. The lowest BCUT2D eigenvalue weighted by atomic mass is 9.84. The number of anilines is 1. The van der Waals surface area contributed by atoms with Crippen molar-refractivity contribution >= 4 is 23.3 Å². The van der Waals surface area contributed by atoms with Crippen molar-refractivity contribution in [1.82, 2.24) is 0 Å². The zero-order chi connectivity index (χ0) is 19.3. The Hall–Kier alpha value is -2.04. The summed E-state index contributed by atoms with van der Waals surface area (Å²) < 4.78 is 11.0. The van der Waals surface area contributed by atoms with Crippen molar-refractivity contribution in [1.29, 1.82) is 0 Å². The van der Waals surface area contributed by atoms with Gasteiger partial charge in [-0.1, -0.05) is 29.8 Å². The van der Waals surface area contributed by atoms with Gasteiger partial charge in [0.2, 0.25) is 0 Å². The standard InChI is InChI=1S/C22H26ClNO3/c1-3-27-21(25)17-8-10-19(11-9-17)24-14-12-22(26-2,13-15-24)16-18-6-4-5-7-20(18)23/h4-11H,3,12-16H2,1-2H3. The average molecular weight is 388 g/mol. The van der Waals surface area contributed by atoms with E-state index in [4.69, 9.17) is 21.1 Å². The topological polar surface area (TPSA) is 38.8 Å². The van der Waals surface area contributed by atoms with Gasteiger partial charge >= 0.3 is 5.97 Å². The largest absolute Gasteiger partial charge is 0.462 e. The molecule has 0 atom stereocenters. The number of hydrogen-bond donors (Lipinski definition) is 0. The Kier molecular flexibility index (Phi) is 6.40. The Labute approximate surface area is 166 Å². The second-order valence-corrected chi connectivity index (χ2v) is 7.32. The number of methoxy groups -OCH3 is 1. The number of rotatable bonds is 6. The normalized spacial score (nSPS) is 16.2. The van der Waals surface area contributed by atoms with Gasteiger partial charge in [0.15, 0.2) is 0 Å². The quantitative estimate of drug-likeness (QED) is 0.671. The maximum absolute atomic E-state index is 11.8. The third-order valence-corrected chi connectivity index (χ3v) is 5.69. The Morgan fingerprint density at radius 3 is 2.37 bits per heavy atom. The van der Waals surface area contributed by atoms with Gasteiger partial charge < -0.3 is 14.4 Å². The number of benzene rings is 2. The van der Waals surface area contributed by atoms with E-state index in [1.807, 2.05) is 49.4 Å². The van der Waals surface area contributed by atoms with Crippen LogP contribution in [-0.4, -0.2) is 38.4 Å². The molecule has 3 rings (SSSR count). The lowest BCUT2D eigenvalue weighted by Crippen LogP contribution is -2.47. The summed E-state index contributed by atoms with van der Waals surface area (Å²) in [5.41, 5.74) is 2.65. The van der Waals surface area contributed by atoms with E-state index in [1.165, 1.54) is 0 Å². The third-order valence-electron chi connectivity index (χ3n) is 5.32. The first kappa shape index (κ1) is 19.7. The van der Waals surface area contributed by atoms with Crippen LogP contribution in [0, 0.1) is 0 Å². The molecule has 0 aliphatic carbocycles. The van der Waals surface area contributed by atoms with Crippen LogP contribution in [0.15, 0.2) is 48.5 Å². The van der Waals surface area contributed by atoms with E-state index in [-0.39, 0.29) is 11.6 Å². The molecule has 1 aliphatic heterocycles. The number of halogens is 1. The van der Waals surface area contributed by atoms with E-state index in [0.717, 1.165) is 48.6 Å². The molecule has 1 heterocycles. The number of nitrogens with zero attached hydrogens (tertiary/aromatic N) is 1. The number of ether oxygens (including phenoxy) is 2. The summed E-state index contributed by atoms with van der Waals surface area (Å²) in [5.74, 6) is -0.277. The van der Waals surface area contributed by atoms with E-state index in [9.17, 15) is 4.79 Å². The van der Waals surface area contributed by atoms with Crippen LogP contribution in [0.4, 0.5) is 5.69 Å². The highest BCUT2D eigenvalue weighted by Gasteiger charge is 2.35. The fraction of sp³-hybridized carbons (Fsp3) is 0.409. The van der Waals surface area contributed by atoms with Crippen molar-refractivity contribution in [3.63, 3.8) is 0 Å². The fourth-order valence-corrected chi connectivity index (χ4v) is 3.84. The smallest absolute Gasteiger partial charge is 0.338 e. The summed E-state index contributed by atoms with van der Waals surface area (Å²) in [4.78, 5) is 14.1. The number of esters is 1. The van der Waals surface area contributed by atoms with Crippen LogP contribution < -0.4 is 4.90 Å². The molecule has 0 amide bonds. The lowest BCUT2D eigenvalue weighted by Gasteiger charge is -2.42. The Bertz CT molecular complexity index is 767. The highest BCUT2D eigenvalue weighted by atomic mass is 35.5. The molecule has 144 valence electrons. The second-order valence-electron chi connectivity index (χ2n) is 6.91. The Morgan fingerprint density at radius 2 is 1.78 bits per heavy atom. The number of carbonyl (C=O) groups excluding carboxylic acids is 1. The SMILES string of the molecule is CCOC(=O)c1ccc(N2CCC(Cc3ccccc3Cl)(OC)CC2)cc1. The zero-order valence-corrected chi connectivity index (χ0v) is 16.7. The molecule has 0 spiro atoms. The van der Waals surface area contributed by atoms with Gasteiger partial charge in [0.1, 0.15) is 0 Å². The first-order chi connectivity index (χ1) is 13.1. The Balaban J connectivity index is 1.65. The number of hydrogen-bond acceptors (Lipinski definition) is 4. The second kappa shape index (κ2) is 8.77. The van der Waals surface area contributed by atoms with E-state index >= 15 is 0 Å². The first-order valence-electron chi connectivity index (χ1n) is 9.37. The van der Waals surface area contributed by atoms with E-state index in [0.29, 0.717) is 12.2 Å². The zero-order valence-electron chi connectivity index (χ0n) is 15.9. The molecular weight excluding hydrogens is 362 g/mol. The molecule has 1 fully saturated rings. The molecule has 0 saturated carbocycles. The minimum atomic E-state index is -0.277. The van der Waals surface area contributed by atoms with Crippen LogP contribution in [0.5, 0.6) is 0 Å². The van der Waals surface area contributed by atoms with Crippen LogP contribution in [0.1, 0.15) is 35.7 Å². The molecule has 0 radical (unpaired) electrons. The minimum Gasteiger partial charge on any atom is -0.462 e. The fourth-order valence-electron chi connectivity index (χ4n) is 3.64. The van der Waals surface area contributed by atoms with Gasteiger partial charge in [0, 0.05) is 37.3 Å². The van der Waals surface area contributed by atoms with Crippen LogP contribution in [0.25, 0.3) is 0 Å². The predicted octanol–water partition coefficient (Wildman–Crippen LogP) is 4.74. The van der Waals surface area contributed by atoms with Crippen molar-refractivity contribution < 1.29 is 14.3 Å². The van der Waals surface area contributed by atoms with Crippen molar-refractivity contribution in [2.24, 2.45) is 0 Å². The minimum absolute atomic E-state index is 0.188. The van der Waals surface area contributed by atoms with Crippen LogP contribution in [0.3, 0.4) is 0 Å². The molecule has 0 N–H and O–H groups in total. The van der Waals surface area contributed by atoms with Crippen molar-refractivity contribution in [3.05, 3.63) is 64.7 Å². The molecule has 0 unspecified atom stereocenters. The van der Waals surface area contributed by atoms with Gasteiger partial charge in [-0.25, -0.2) is 4.79 Å². The molecule has 2 aromatic rings. The van der Waals surface area contributed by atoms with Crippen molar-refractivity contribution in [3.8, 4) is 0 Å². The molecule has 2 aromatic carbocycles. The third kappa shape index (κ3) is 4.63.